The highest BCUT2D eigenvalue weighted by molar-refractivity contribution is 7.89. The molecule has 0 aliphatic carbocycles. The van der Waals surface area contributed by atoms with E-state index < -0.39 is 21.8 Å². The number of carboxylic acid groups (broad SMARTS) is 1. The lowest BCUT2D eigenvalue weighted by molar-refractivity contribution is -0.137. The highest BCUT2D eigenvalue weighted by Crippen LogP contribution is 2.24. The van der Waals surface area contributed by atoms with E-state index in [4.69, 9.17) is 16.7 Å². The zero-order chi connectivity index (χ0) is 13.9. The minimum Gasteiger partial charge on any atom is -0.481 e. The largest absolute Gasteiger partial charge is 0.481 e. The lowest BCUT2D eigenvalue weighted by Crippen LogP contribution is -2.29. The standard InChI is InChI=1S/C10H11ClFNO4S/c1-13(5-4-10(14)15)18(16,17)9-6-7(12)2-3-8(9)11/h2-3,6H,4-5H2,1H3,(H,14,15). The van der Waals surface area contributed by atoms with Crippen molar-refractivity contribution in [2.24, 2.45) is 0 Å². The molecule has 0 aliphatic heterocycles. The number of benzene rings is 1. The molecule has 5 nitrogen and oxygen atoms in total. The maximum Gasteiger partial charge on any atom is 0.304 e. The van der Waals surface area contributed by atoms with Crippen LogP contribution in [0.1, 0.15) is 6.42 Å². The zero-order valence-corrected chi connectivity index (χ0v) is 11.0. The molecule has 100 valence electrons. The molecule has 0 radical (unpaired) electrons. The third-order valence-corrected chi connectivity index (χ3v) is 4.56. The first kappa shape index (κ1) is 14.9. The predicted molar refractivity (Wildman–Crippen MR) is 63.5 cm³/mol. The topological polar surface area (TPSA) is 74.7 Å². The van der Waals surface area contributed by atoms with Crippen molar-refractivity contribution >= 4 is 27.6 Å². The number of halogens is 2. The van der Waals surface area contributed by atoms with Crippen molar-refractivity contribution in [3.8, 4) is 0 Å². The Morgan fingerprint density at radius 3 is 2.67 bits per heavy atom. The Balaban J connectivity index is 3.05. The van der Waals surface area contributed by atoms with Gasteiger partial charge < -0.3 is 5.11 Å². The summed E-state index contributed by atoms with van der Waals surface area (Å²) in [4.78, 5) is 10.0. The molecule has 1 rings (SSSR count). The molecule has 0 saturated heterocycles. The van der Waals surface area contributed by atoms with Crippen LogP contribution in [0.15, 0.2) is 23.1 Å². The number of hydrogen-bond donors (Lipinski definition) is 1. The molecule has 0 atom stereocenters. The van der Waals surface area contributed by atoms with Crippen LogP contribution in [0.2, 0.25) is 5.02 Å². The number of carbonyl (C=O) groups is 1. The number of rotatable bonds is 5. The van der Waals surface area contributed by atoms with Crippen LogP contribution >= 0.6 is 11.6 Å². The summed E-state index contributed by atoms with van der Waals surface area (Å²) in [7, 11) is -2.78. The molecule has 18 heavy (non-hydrogen) atoms. The first-order valence-electron chi connectivity index (χ1n) is 4.88. The summed E-state index contributed by atoms with van der Waals surface area (Å²) in [5, 5.41) is 8.38. The van der Waals surface area contributed by atoms with Gasteiger partial charge >= 0.3 is 5.97 Å². The number of carboxylic acids is 1. The van der Waals surface area contributed by atoms with Crippen molar-refractivity contribution in [3.05, 3.63) is 29.0 Å². The maximum absolute atomic E-state index is 13.0. The highest BCUT2D eigenvalue weighted by atomic mass is 35.5. The molecule has 0 heterocycles. The summed E-state index contributed by atoms with van der Waals surface area (Å²) in [5.74, 6) is -1.85. The van der Waals surface area contributed by atoms with E-state index in [0.29, 0.717) is 0 Å². The van der Waals surface area contributed by atoms with Crippen LogP contribution in [-0.2, 0) is 14.8 Å². The zero-order valence-electron chi connectivity index (χ0n) is 9.43. The second kappa shape index (κ2) is 5.64. The van der Waals surface area contributed by atoms with E-state index >= 15 is 0 Å². The van der Waals surface area contributed by atoms with Gasteiger partial charge in [-0.15, -0.1) is 0 Å². The van der Waals surface area contributed by atoms with E-state index in [1.54, 1.807) is 0 Å². The normalized spacial score (nSPS) is 11.8. The third kappa shape index (κ3) is 3.41. The summed E-state index contributed by atoms with van der Waals surface area (Å²) < 4.78 is 37.8. The molecular formula is C10H11ClFNO4S. The Hall–Kier alpha value is -1.18. The minimum atomic E-state index is -3.99. The number of aliphatic carboxylic acids is 1. The van der Waals surface area contributed by atoms with Crippen molar-refractivity contribution < 1.29 is 22.7 Å². The van der Waals surface area contributed by atoms with Crippen molar-refractivity contribution in [2.45, 2.75) is 11.3 Å². The first-order valence-corrected chi connectivity index (χ1v) is 6.70. The second-order valence-corrected chi connectivity index (χ2v) is 5.97. The second-order valence-electron chi connectivity index (χ2n) is 3.55. The van der Waals surface area contributed by atoms with Gasteiger partial charge in [0.2, 0.25) is 10.0 Å². The summed E-state index contributed by atoms with van der Waals surface area (Å²) in [6, 6.07) is 2.97. The summed E-state index contributed by atoms with van der Waals surface area (Å²) >= 11 is 5.70. The van der Waals surface area contributed by atoms with Gasteiger partial charge in [0.05, 0.1) is 11.4 Å². The fraction of sp³-hybridized carbons (Fsp3) is 0.300. The van der Waals surface area contributed by atoms with Crippen molar-refractivity contribution in [3.63, 3.8) is 0 Å². The monoisotopic (exact) mass is 295 g/mol. The molecule has 0 aliphatic rings. The van der Waals surface area contributed by atoms with Crippen molar-refractivity contribution in [1.29, 1.82) is 0 Å². The highest BCUT2D eigenvalue weighted by Gasteiger charge is 2.24. The van der Waals surface area contributed by atoms with Crippen LogP contribution in [0.3, 0.4) is 0 Å². The van der Waals surface area contributed by atoms with Crippen molar-refractivity contribution in [2.75, 3.05) is 13.6 Å². The smallest absolute Gasteiger partial charge is 0.304 e. The molecule has 0 bridgehead atoms. The molecule has 1 aromatic carbocycles. The van der Waals surface area contributed by atoms with Gasteiger partial charge in [-0.25, -0.2) is 17.1 Å². The van der Waals surface area contributed by atoms with Crippen LogP contribution < -0.4 is 0 Å². The quantitative estimate of drug-likeness (QED) is 0.895. The Bertz CT molecular complexity index is 561. The SMILES string of the molecule is CN(CCC(=O)O)S(=O)(=O)c1cc(F)ccc1Cl. The fourth-order valence-corrected chi connectivity index (χ4v) is 2.87. The van der Waals surface area contributed by atoms with Crippen LogP contribution in [0.25, 0.3) is 0 Å². The maximum atomic E-state index is 13.0. The van der Waals surface area contributed by atoms with Gasteiger partial charge in [-0.1, -0.05) is 11.6 Å². The molecule has 0 unspecified atom stereocenters. The average Bonchev–Trinajstić information content (AvgIpc) is 2.28. The summed E-state index contributed by atoms with van der Waals surface area (Å²) in [6.07, 6.45) is -0.345. The predicted octanol–water partition coefficient (Wildman–Crippen LogP) is 1.57. The molecule has 0 fully saturated rings. The summed E-state index contributed by atoms with van der Waals surface area (Å²) in [5.41, 5.74) is 0. The van der Waals surface area contributed by atoms with Gasteiger partial charge in [-0.2, -0.15) is 0 Å². The number of hydrogen-bond acceptors (Lipinski definition) is 3. The van der Waals surface area contributed by atoms with Gasteiger partial charge in [0.15, 0.2) is 0 Å². The summed E-state index contributed by atoms with van der Waals surface area (Å²) in [6.45, 7) is -0.218. The molecule has 0 spiro atoms. The van der Waals surface area contributed by atoms with Crippen LogP contribution in [-0.4, -0.2) is 37.4 Å². The molecule has 1 aromatic rings. The average molecular weight is 296 g/mol. The Labute approximate surface area is 109 Å². The first-order chi connectivity index (χ1) is 8.25. The number of sulfonamides is 1. The minimum absolute atomic E-state index is 0.112. The molecular weight excluding hydrogens is 285 g/mol. The molecule has 0 amide bonds. The van der Waals surface area contributed by atoms with Gasteiger partial charge in [0.25, 0.3) is 0 Å². The fourth-order valence-electron chi connectivity index (χ4n) is 1.22. The van der Waals surface area contributed by atoms with E-state index in [9.17, 15) is 17.6 Å². The third-order valence-electron chi connectivity index (χ3n) is 2.22. The van der Waals surface area contributed by atoms with Crippen LogP contribution in [0.5, 0.6) is 0 Å². The van der Waals surface area contributed by atoms with E-state index in [2.05, 4.69) is 0 Å². The van der Waals surface area contributed by atoms with Crippen LogP contribution in [0.4, 0.5) is 4.39 Å². The van der Waals surface area contributed by atoms with E-state index in [1.807, 2.05) is 0 Å². The lowest BCUT2D eigenvalue weighted by Gasteiger charge is -2.17. The molecule has 1 N–H and O–H groups in total. The van der Waals surface area contributed by atoms with Crippen molar-refractivity contribution in [1.82, 2.24) is 4.31 Å². The molecule has 0 aromatic heterocycles. The number of nitrogens with zero attached hydrogens (tertiary/aromatic N) is 1. The lowest BCUT2D eigenvalue weighted by atomic mass is 10.3. The van der Waals surface area contributed by atoms with Gasteiger partial charge in [-0.3, -0.25) is 4.79 Å². The van der Waals surface area contributed by atoms with Gasteiger partial charge in [-0.05, 0) is 18.2 Å². The Morgan fingerprint density at radius 2 is 2.11 bits per heavy atom. The van der Waals surface area contributed by atoms with Gasteiger partial charge in [0.1, 0.15) is 10.7 Å². The molecule has 0 saturated carbocycles. The van der Waals surface area contributed by atoms with E-state index in [0.717, 1.165) is 22.5 Å². The van der Waals surface area contributed by atoms with Crippen LogP contribution in [0, 0.1) is 5.82 Å². The van der Waals surface area contributed by atoms with E-state index in [-0.39, 0.29) is 22.9 Å². The molecule has 8 heteroatoms. The Morgan fingerprint density at radius 1 is 1.50 bits per heavy atom. The van der Waals surface area contributed by atoms with E-state index in [1.165, 1.54) is 7.05 Å². The van der Waals surface area contributed by atoms with Gasteiger partial charge in [0, 0.05) is 13.6 Å². The Kier molecular flexibility index (Phi) is 4.66.